The molecule has 188 valence electrons. The van der Waals surface area contributed by atoms with Crippen molar-refractivity contribution in [3.05, 3.63) is 42.0 Å². The lowest BCUT2D eigenvalue weighted by atomic mass is 9.82. The minimum atomic E-state index is -0.868. The van der Waals surface area contributed by atoms with Crippen LogP contribution in [0.3, 0.4) is 0 Å². The number of rotatable bonds is 12. The molecule has 0 spiro atoms. The number of benzene rings is 1. The maximum absolute atomic E-state index is 13.3. The molecule has 1 aromatic rings. The Morgan fingerprint density at radius 3 is 2.18 bits per heavy atom. The van der Waals surface area contributed by atoms with Crippen LogP contribution < -0.4 is 22.0 Å². The molecule has 5 amide bonds. The number of nitrogens with one attached hydrogen (secondary N) is 3. The quantitative estimate of drug-likeness (QED) is 0.231. The fourth-order valence-corrected chi connectivity index (χ4v) is 3.46. The summed E-state index contributed by atoms with van der Waals surface area (Å²) in [7, 11) is 0. The van der Waals surface area contributed by atoms with Crippen molar-refractivity contribution in [3.8, 4) is 0 Å². The Balaban J connectivity index is 3.11. The predicted molar refractivity (Wildman–Crippen MR) is 129 cm³/mol. The van der Waals surface area contributed by atoms with E-state index in [0.29, 0.717) is 6.42 Å². The fraction of sp³-hybridized carbons (Fsp3) is 0.500. The van der Waals surface area contributed by atoms with Crippen LogP contribution in [-0.2, 0) is 14.4 Å². The molecule has 0 radical (unpaired) electrons. The molecule has 0 bridgehead atoms. The number of urea groups is 1. The van der Waals surface area contributed by atoms with Gasteiger partial charge in [-0.15, -0.1) is 0 Å². The van der Waals surface area contributed by atoms with Crippen LogP contribution in [-0.4, -0.2) is 47.1 Å². The maximum Gasteiger partial charge on any atom is 0.312 e. The minimum absolute atomic E-state index is 0.0201. The van der Waals surface area contributed by atoms with Crippen LogP contribution in [0.1, 0.15) is 46.1 Å². The first-order valence-corrected chi connectivity index (χ1v) is 11.3. The largest absolute Gasteiger partial charge is 0.352 e. The summed E-state index contributed by atoms with van der Waals surface area (Å²) in [4.78, 5) is 49.4. The summed E-state index contributed by atoms with van der Waals surface area (Å²) in [6.07, 6.45) is 4.18. The van der Waals surface area contributed by atoms with E-state index < -0.39 is 35.6 Å². The molecule has 10 nitrogen and oxygen atoms in total. The van der Waals surface area contributed by atoms with Gasteiger partial charge in [-0.1, -0.05) is 70.2 Å². The molecule has 0 fully saturated rings. The SMILES string of the molecule is CC(C)C[C@@H](C(=O)NN(CC(C)C)C(=O)CNC(N)=O)[C@H](C/C=C/c1ccccc1)C(=O)NO. The molecule has 10 heteroatoms. The Labute approximate surface area is 200 Å². The summed E-state index contributed by atoms with van der Waals surface area (Å²) in [5.41, 5.74) is 10.3. The summed E-state index contributed by atoms with van der Waals surface area (Å²) in [5, 5.41) is 12.7. The third-order valence-corrected chi connectivity index (χ3v) is 5.00. The maximum atomic E-state index is 13.3. The standard InChI is InChI=1S/C24H37N5O5/c1-16(2)13-20(19(23(32)28-34)12-8-11-18-9-6-5-7-10-18)22(31)27-29(15-17(3)4)21(30)14-26-24(25)33/h5-11,16-17,19-20,34H,12-15H2,1-4H3,(H,27,31)(H,28,32)(H3,25,26,33)/b11-8+/t19-,20+/m0/s1. The summed E-state index contributed by atoms with van der Waals surface area (Å²) in [5.74, 6) is -3.36. The second kappa shape index (κ2) is 14.7. The molecule has 0 heterocycles. The first-order chi connectivity index (χ1) is 16.0. The van der Waals surface area contributed by atoms with E-state index in [1.807, 2.05) is 64.1 Å². The first-order valence-electron chi connectivity index (χ1n) is 11.3. The van der Waals surface area contributed by atoms with Gasteiger partial charge in [0.2, 0.25) is 11.8 Å². The van der Waals surface area contributed by atoms with Gasteiger partial charge in [-0.2, -0.15) is 0 Å². The van der Waals surface area contributed by atoms with Gasteiger partial charge in [-0.25, -0.2) is 10.3 Å². The topological polar surface area (TPSA) is 154 Å². The van der Waals surface area contributed by atoms with Crippen molar-refractivity contribution in [3.63, 3.8) is 0 Å². The third-order valence-electron chi connectivity index (χ3n) is 5.00. The minimum Gasteiger partial charge on any atom is -0.352 e. The van der Waals surface area contributed by atoms with E-state index in [-0.39, 0.29) is 31.3 Å². The number of hydrazine groups is 1. The van der Waals surface area contributed by atoms with Crippen LogP contribution in [0, 0.1) is 23.7 Å². The molecule has 2 atom stereocenters. The van der Waals surface area contributed by atoms with E-state index in [2.05, 4.69) is 10.7 Å². The zero-order chi connectivity index (χ0) is 25.7. The number of primary amides is 1. The van der Waals surface area contributed by atoms with Crippen LogP contribution in [0.5, 0.6) is 0 Å². The molecular weight excluding hydrogens is 438 g/mol. The lowest BCUT2D eigenvalue weighted by Gasteiger charge is -2.30. The van der Waals surface area contributed by atoms with Crippen LogP contribution in [0.4, 0.5) is 4.79 Å². The summed E-state index contributed by atoms with van der Waals surface area (Å²) in [6, 6.07) is 8.63. The smallest absolute Gasteiger partial charge is 0.312 e. The second-order valence-corrected chi connectivity index (χ2v) is 8.96. The highest BCUT2D eigenvalue weighted by molar-refractivity contribution is 5.90. The molecule has 0 unspecified atom stereocenters. The molecule has 0 aliphatic carbocycles. The Bertz CT molecular complexity index is 841. The van der Waals surface area contributed by atoms with Crippen molar-refractivity contribution in [1.29, 1.82) is 0 Å². The number of amides is 5. The van der Waals surface area contributed by atoms with Crippen molar-refractivity contribution in [2.24, 2.45) is 29.4 Å². The Hall–Kier alpha value is -3.40. The van der Waals surface area contributed by atoms with Gasteiger partial charge in [0.25, 0.3) is 5.91 Å². The number of nitrogens with two attached hydrogens (primary N) is 1. The molecule has 6 N–H and O–H groups in total. The van der Waals surface area contributed by atoms with E-state index in [4.69, 9.17) is 5.73 Å². The van der Waals surface area contributed by atoms with Gasteiger partial charge >= 0.3 is 6.03 Å². The van der Waals surface area contributed by atoms with Gasteiger partial charge in [0.15, 0.2) is 0 Å². The average Bonchev–Trinajstić information content (AvgIpc) is 2.78. The zero-order valence-corrected chi connectivity index (χ0v) is 20.3. The van der Waals surface area contributed by atoms with Gasteiger partial charge in [0.1, 0.15) is 6.54 Å². The summed E-state index contributed by atoms with van der Waals surface area (Å²) >= 11 is 0. The molecular formula is C24H37N5O5. The molecule has 34 heavy (non-hydrogen) atoms. The fourth-order valence-electron chi connectivity index (χ4n) is 3.46. The number of allylic oxidation sites excluding steroid dienone is 1. The highest BCUT2D eigenvalue weighted by atomic mass is 16.5. The van der Waals surface area contributed by atoms with E-state index in [9.17, 15) is 24.4 Å². The third kappa shape index (κ3) is 10.5. The number of nitrogens with zero attached hydrogens (tertiary/aromatic N) is 1. The van der Waals surface area contributed by atoms with E-state index in [1.165, 1.54) is 0 Å². The number of carbonyl (C=O) groups is 4. The normalized spacial score (nSPS) is 12.9. The summed E-state index contributed by atoms with van der Waals surface area (Å²) in [6.45, 7) is 7.40. The van der Waals surface area contributed by atoms with Crippen LogP contribution in [0.25, 0.3) is 6.08 Å². The van der Waals surface area contributed by atoms with E-state index in [0.717, 1.165) is 10.6 Å². The highest BCUT2D eigenvalue weighted by Crippen LogP contribution is 2.25. The van der Waals surface area contributed by atoms with Crippen LogP contribution in [0.15, 0.2) is 36.4 Å². The van der Waals surface area contributed by atoms with Crippen molar-refractivity contribution in [1.82, 2.24) is 21.2 Å². The first kappa shape index (κ1) is 28.6. The van der Waals surface area contributed by atoms with Crippen molar-refractivity contribution in [2.45, 2.75) is 40.5 Å². The van der Waals surface area contributed by atoms with Gasteiger partial charge in [-0.3, -0.25) is 30.0 Å². The lowest BCUT2D eigenvalue weighted by Crippen LogP contribution is -2.54. The zero-order valence-electron chi connectivity index (χ0n) is 20.3. The number of carbonyl (C=O) groups excluding carboxylic acids is 4. The van der Waals surface area contributed by atoms with Crippen molar-refractivity contribution in [2.75, 3.05) is 13.1 Å². The predicted octanol–water partition coefficient (Wildman–Crippen LogP) is 2.06. The lowest BCUT2D eigenvalue weighted by molar-refractivity contribution is -0.147. The highest BCUT2D eigenvalue weighted by Gasteiger charge is 2.35. The molecule has 0 aliphatic rings. The van der Waals surface area contributed by atoms with E-state index in [1.54, 1.807) is 11.6 Å². The molecule has 0 aliphatic heterocycles. The Morgan fingerprint density at radius 1 is 1.00 bits per heavy atom. The molecule has 0 aromatic heterocycles. The van der Waals surface area contributed by atoms with Gasteiger partial charge in [0.05, 0.1) is 11.8 Å². The van der Waals surface area contributed by atoms with Crippen LogP contribution in [0.2, 0.25) is 0 Å². The monoisotopic (exact) mass is 475 g/mol. The van der Waals surface area contributed by atoms with Gasteiger partial charge in [-0.05, 0) is 30.2 Å². The van der Waals surface area contributed by atoms with Crippen molar-refractivity contribution >= 4 is 29.8 Å². The van der Waals surface area contributed by atoms with E-state index >= 15 is 0 Å². The second-order valence-electron chi connectivity index (χ2n) is 8.96. The molecule has 0 saturated heterocycles. The number of hydroxylamine groups is 1. The Morgan fingerprint density at radius 2 is 1.65 bits per heavy atom. The van der Waals surface area contributed by atoms with Gasteiger partial charge < -0.3 is 11.1 Å². The number of hydrogen-bond donors (Lipinski definition) is 5. The molecule has 1 aromatic carbocycles. The van der Waals surface area contributed by atoms with Gasteiger partial charge in [0, 0.05) is 6.54 Å². The van der Waals surface area contributed by atoms with Crippen LogP contribution >= 0.6 is 0 Å². The average molecular weight is 476 g/mol. The number of hydrogen-bond acceptors (Lipinski definition) is 5. The Kier molecular flexibility index (Phi) is 12.4. The molecule has 0 saturated carbocycles. The summed E-state index contributed by atoms with van der Waals surface area (Å²) < 4.78 is 0. The molecule has 1 rings (SSSR count). The van der Waals surface area contributed by atoms with Crippen molar-refractivity contribution < 1.29 is 24.4 Å².